The Morgan fingerprint density at radius 2 is 1.69 bits per heavy atom. The van der Waals surface area contributed by atoms with Crippen LogP contribution in [0.25, 0.3) is 22.2 Å². The van der Waals surface area contributed by atoms with Crippen molar-refractivity contribution in [1.82, 2.24) is 25.1 Å². The largest absolute Gasteiger partial charge is 0.491 e. The first-order chi connectivity index (χ1) is 19.0. The number of nitrogens with one attached hydrogen (secondary N) is 2. The average molecular weight is 524 g/mol. The number of H-pyrrole nitrogens is 1. The molecule has 0 bridgehead atoms. The van der Waals surface area contributed by atoms with Gasteiger partial charge in [-0.15, -0.1) is 0 Å². The van der Waals surface area contributed by atoms with Gasteiger partial charge >= 0.3 is 0 Å². The number of likely N-dealkylation sites (tertiary alicyclic amines) is 1. The molecule has 0 spiro atoms. The van der Waals surface area contributed by atoms with Crippen molar-refractivity contribution in [3.05, 3.63) is 83.2 Å². The van der Waals surface area contributed by atoms with Gasteiger partial charge in [-0.05, 0) is 92.5 Å². The number of rotatable bonds is 6. The van der Waals surface area contributed by atoms with E-state index in [0.717, 1.165) is 58.9 Å². The fourth-order valence-electron chi connectivity index (χ4n) is 5.45. The molecule has 39 heavy (non-hydrogen) atoms. The van der Waals surface area contributed by atoms with Crippen LogP contribution in [0.3, 0.4) is 0 Å². The monoisotopic (exact) mass is 523 g/mol. The summed E-state index contributed by atoms with van der Waals surface area (Å²) in [5.74, 6) is 1.50. The lowest BCUT2D eigenvalue weighted by Gasteiger charge is -2.20. The average Bonchev–Trinajstić information content (AvgIpc) is 3.55. The van der Waals surface area contributed by atoms with E-state index in [9.17, 15) is 9.59 Å². The molecule has 2 aliphatic rings. The minimum atomic E-state index is -0.110. The van der Waals surface area contributed by atoms with Crippen molar-refractivity contribution < 1.29 is 14.3 Å². The van der Waals surface area contributed by atoms with Crippen LogP contribution < -0.4 is 10.1 Å². The lowest BCUT2D eigenvalue weighted by molar-refractivity contribution is 0.0732. The number of aromatic nitrogens is 2. The predicted octanol–water partition coefficient (Wildman–Crippen LogP) is 4.40. The normalized spacial score (nSPS) is 15.6. The number of carbonyl (C=O) groups is 2. The van der Waals surface area contributed by atoms with Gasteiger partial charge in [0.25, 0.3) is 11.8 Å². The molecule has 0 unspecified atom stereocenters. The summed E-state index contributed by atoms with van der Waals surface area (Å²) in [4.78, 5) is 37.9. The first-order valence-electron chi connectivity index (χ1n) is 13.7. The van der Waals surface area contributed by atoms with E-state index in [0.29, 0.717) is 37.4 Å². The van der Waals surface area contributed by atoms with Crippen molar-refractivity contribution >= 4 is 22.8 Å². The van der Waals surface area contributed by atoms with Gasteiger partial charge in [-0.1, -0.05) is 12.1 Å². The van der Waals surface area contributed by atoms with E-state index in [1.807, 2.05) is 24.0 Å². The number of benzene rings is 3. The number of hydrogen-bond donors (Lipinski definition) is 2. The van der Waals surface area contributed by atoms with Gasteiger partial charge in [0.2, 0.25) is 0 Å². The number of aromatic amines is 1. The SMILES string of the molecule is Cc1nc2ccc(-c3ccc4c(c3)CN(C(=O)c3ccc(C(=O)NCCN5CCCC5)cc3)CCO4)cc2[nH]1. The van der Waals surface area contributed by atoms with E-state index < -0.39 is 0 Å². The Labute approximate surface area is 228 Å². The number of nitrogens with zero attached hydrogens (tertiary/aromatic N) is 3. The topological polar surface area (TPSA) is 90.6 Å². The van der Waals surface area contributed by atoms with Crippen molar-refractivity contribution in [2.75, 3.05) is 39.3 Å². The van der Waals surface area contributed by atoms with Crippen molar-refractivity contribution in [2.45, 2.75) is 26.3 Å². The van der Waals surface area contributed by atoms with E-state index in [4.69, 9.17) is 4.74 Å². The van der Waals surface area contributed by atoms with E-state index >= 15 is 0 Å². The molecule has 1 aromatic heterocycles. The molecule has 0 atom stereocenters. The third-order valence-corrected chi connectivity index (χ3v) is 7.57. The Balaban J connectivity index is 1.13. The quantitative estimate of drug-likeness (QED) is 0.391. The minimum Gasteiger partial charge on any atom is -0.491 e. The smallest absolute Gasteiger partial charge is 0.254 e. The van der Waals surface area contributed by atoms with Crippen LogP contribution in [0.4, 0.5) is 0 Å². The summed E-state index contributed by atoms with van der Waals surface area (Å²) in [6.45, 7) is 7.04. The predicted molar refractivity (Wildman–Crippen MR) is 151 cm³/mol. The maximum absolute atomic E-state index is 13.4. The summed E-state index contributed by atoms with van der Waals surface area (Å²) < 4.78 is 5.99. The molecule has 2 aliphatic heterocycles. The molecule has 1 fully saturated rings. The highest BCUT2D eigenvalue weighted by Crippen LogP contribution is 2.31. The van der Waals surface area contributed by atoms with Crippen LogP contribution in [0.15, 0.2) is 60.7 Å². The molecule has 2 amide bonds. The van der Waals surface area contributed by atoms with E-state index in [-0.39, 0.29) is 11.8 Å². The molecule has 8 nitrogen and oxygen atoms in total. The second kappa shape index (κ2) is 10.9. The van der Waals surface area contributed by atoms with E-state index in [1.165, 1.54) is 12.8 Å². The standard InChI is InChI=1S/C31H33N5O3/c1-21-33-27-10-8-25(19-28(27)34-21)24-9-11-29-26(18-24)20-36(16-17-39-29)31(38)23-6-4-22(5-7-23)30(37)32-12-15-35-13-2-3-14-35/h4-11,18-19H,2-3,12-17,20H2,1H3,(H,32,37)(H,33,34). The lowest BCUT2D eigenvalue weighted by atomic mass is 10.0. The summed E-state index contributed by atoms with van der Waals surface area (Å²) >= 11 is 0. The van der Waals surface area contributed by atoms with Crippen LogP contribution in [0, 0.1) is 6.92 Å². The number of aryl methyl sites for hydroxylation is 1. The molecule has 0 aliphatic carbocycles. The maximum atomic E-state index is 13.4. The zero-order valence-corrected chi connectivity index (χ0v) is 22.2. The fraction of sp³-hybridized carbons (Fsp3) is 0.323. The number of fused-ring (bicyclic) bond motifs is 2. The zero-order chi connectivity index (χ0) is 26.8. The summed E-state index contributed by atoms with van der Waals surface area (Å²) in [5.41, 5.74) is 6.16. The first-order valence-corrected chi connectivity index (χ1v) is 13.7. The van der Waals surface area contributed by atoms with Crippen molar-refractivity contribution in [2.24, 2.45) is 0 Å². The Kier molecular flexibility index (Phi) is 7.02. The molecule has 3 heterocycles. The van der Waals surface area contributed by atoms with Crippen LogP contribution in [-0.4, -0.2) is 70.9 Å². The summed E-state index contributed by atoms with van der Waals surface area (Å²) in [5, 5.41) is 2.99. The first kappa shape index (κ1) is 25.1. The number of amides is 2. The Hall–Kier alpha value is -4.17. The van der Waals surface area contributed by atoms with Gasteiger partial charge in [0.15, 0.2) is 0 Å². The molecule has 1 saturated heterocycles. The molecule has 4 aromatic rings. The number of imidazole rings is 1. The summed E-state index contributed by atoms with van der Waals surface area (Å²) in [7, 11) is 0. The lowest BCUT2D eigenvalue weighted by Crippen LogP contribution is -2.33. The van der Waals surface area contributed by atoms with Gasteiger partial charge in [-0.25, -0.2) is 4.98 Å². The van der Waals surface area contributed by atoms with Crippen LogP contribution >= 0.6 is 0 Å². The van der Waals surface area contributed by atoms with Gasteiger partial charge in [-0.3, -0.25) is 9.59 Å². The van der Waals surface area contributed by atoms with Crippen LogP contribution in [0.5, 0.6) is 5.75 Å². The second-order valence-electron chi connectivity index (χ2n) is 10.3. The molecule has 0 saturated carbocycles. The third kappa shape index (κ3) is 5.52. The molecule has 200 valence electrons. The summed E-state index contributed by atoms with van der Waals surface area (Å²) in [6, 6.07) is 19.2. The molecule has 6 rings (SSSR count). The number of hydrogen-bond acceptors (Lipinski definition) is 5. The van der Waals surface area contributed by atoms with Crippen molar-refractivity contribution in [3.63, 3.8) is 0 Å². The highest BCUT2D eigenvalue weighted by Gasteiger charge is 2.22. The van der Waals surface area contributed by atoms with Crippen LogP contribution in [0.1, 0.15) is 44.9 Å². The second-order valence-corrected chi connectivity index (χ2v) is 10.3. The van der Waals surface area contributed by atoms with Crippen molar-refractivity contribution in [3.8, 4) is 16.9 Å². The van der Waals surface area contributed by atoms with Gasteiger partial charge in [0, 0.05) is 36.3 Å². The third-order valence-electron chi connectivity index (χ3n) is 7.57. The Morgan fingerprint density at radius 3 is 2.51 bits per heavy atom. The Morgan fingerprint density at radius 1 is 0.949 bits per heavy atom. The van der Waals surface area contributed by atoms with Crippen LogP contribution in [-0.2, 0) is 6.54 Å². The van der Waals surface area contributed by atoms with Crippen molar-refractivity contribution in [1.29, 1.82) is 0 Å². The van der Waals surface area contributed by atoms with Gasteiger partial charge in [-0.2, -0.15) is 0 Å². The molecule has 2 N–H and O–H groups in total. The Bertz CT molecular complexity index is 1500. The molecular weight excluding hydrogens is 490 g/mol. The van der Waals surface area contributed by atoms with Gasteiger partial charge in [0.05, 0.1) is 17.6 Å². The number of carbonyl (C=O) groups excluding carboxylic acids is 2. The zero-order valence-electron chi connectivity index (χ0n) is 22.2. The highest BCUT2D eigenvalue weighted by atomic mass is 16.5. The van der Waals surface area contributed by atoms with E-state index in [2.05, 4.69) is 44.5 Å². The molecule has 0 radical (unpaired) electrons. The highest BCUT2D eigenvalue weighted by molar-refractivity contribution is 5.98. The molecular formula is C31H33N5O3. The van der Waals surface area contributed by atoms with Crippen LogP contribution in [0.2, 0.25) is 0 Å². The maximum Gasteiger partial charge on any atom is 0.254 e. The van der Waals surface area contributed by atoms with Gasteiger partial charge in [0.1, 0.15) is 18.2 Å². The fourth-order valence-corrected chi connectivity index (χ4v) is 5.45. The molecule has 8 heteroatoms. The minimum absolute atomic E-state index is 0.0767. The van der Waals surface area contributed by atoms with Gasteiger partial charge < -0.3 is 24.8 Å². The molecule has 3 aromatic carbocycles. The summed E-state index contributed by atoms with van der Waals surface area (Å²) in [6.07, 6.45) is 2.47. The van der Waals surface area contributed by atoms with E-state index in [1.54, 1.807) is 24.3 Å². The number of ether oxygens (including phenoxy) is 1.